The van der Waals surface area contributed by atoms with Gasteiger partial charge < -0.3 is 25.4 Å². The van der Waals surface area contributed by atoms with Gasteiger partial charge in [-0.15, -0.1) is 24.0 Å². The molecule has 1 aromatic carbocycles. The minimum absolute atomic E-state index is 0. The van der Waals surface area contributed by atoms with Crippen LogP contribution >= 0.6 is 24.0 Å². The van der Waals surface area contributed by atoms with Crippen LogP contribution in [-0.4, -0.2) is 75.5 Å². The number of rotatable bonds is 8. The number of hydrogen-bond donors (Lipinski definition) is 3. The predicted molar refractivity (Wildman–Crippen MR) is 140 cm³/mol. The van der Waals surface area contributed by atoms with Crippen molar-refractivity contribution in [2.75, 3.05) is 53.0 Å². The van der Waals surface area contributed by atoms with Gasteiger partial charge in [-0.2, -0.15) is 0 Å². The van der Waals surface area contributed by atoms with Crippen molar-refractivity contribution in [2.24, 2.45) is 4.99 Å². The summed E-state index contributed by atoms with van der Waals surface area (Å²) in [6.07, 6.45) is 0.381. The summed E-state index contributed by atoms with van der Waals surface area (Å²) in [6.45, 7) is 13.0. The van der Waals surface area contributed by atoms with E-state index in [0.29, 0.717) is 13.1 Å². The molecule has 1 heterocycles. The molecule has 8 nitrogen and oxygen atoms in total. The molecule has 1 aliphatic rings. The molecule has 3 N–H and O–H groups in total. The number of hydrogen-bond acceptors (Lipinski definition) is 5. The van der Waals surface area contributed by atoms with Gasteiger partial charge in [0.1, 0.15) is 5.60 Å². The van der Waals surface area contributed by atoms with E-state index in [1.165, 1.54) is 11.1 Å². The number of amides is 1. The van der Waals surface area contributed by atoms with Crippen molar-refractivity contribution in [3.63, 3.8) is 0 Å². The van der Waals surface area contributed by atoms with E-state index >= 15 is 0 Å². The quantitative estimate of drug-likeness (QED) is 0.196. The molecule has 0 saturated carbocycles. The van der Waals surface area contributed by atoms with Crippen LogP contribution in [-0.2, 0) is 9.47 Å². The minimum Gasteiger partial charge on any atom is -0.444 e. The number of benzene rings is 1. The van der Waals surface area contributed by atoms with Gasteiger partial charge in [-0.25, -0.2) is 4.79 Å². The largest absolute Gasteiger partial charge is 0.444 e. The fourth-order valence-electron chi connectivity index (χ4n) is 3.44. The average Bonchev–Trinajstić information content (AvgIpc) is 2.71. The molecular formula is C23H40IN5O3. The number of alkyl carbamates (subject to hydrolysis) is 1. The third kappa shape index (κ3) is 10.8. The molecule has 1 unspecified atom stereocenters. The SMILES string of the molecule is CN=C(NCCCNC(=O)OC(C)(C)C)NCC(c1cccc(C)c1)N1CCOCC1.I. The molecule has 1 aromatic rings. The Labute approximate surface area is 209 Å². The van der Waals surface area contributed by atoms with Gasteiger partial charge in [-0.1, -0.05) is 29.8 Å². The Morgan fingerprint density at radius 2 is 1.88 bits per heavy atom. The molecule has 0 aromatic heterocycles. The molecule has 1 saturated heterocycles. The normalized spacial score (nSPS) is 16.0. The molecule has 0 bridgehead atoms. The van der Waals surface area contributed by atoms with E-state index in [4.69, 9.17) is 9.47 Å². The average molecular weight is 562 g/mol. The van der Waals surface area contributed by atoms with Crippen LogP contribution in [0, 0.1) is 6.92 Å². The molecule has 0 spiro atoms. The molecule has 0 aliphatic carbocycles. The lowest BCUT2D eigenvalue weighted by Crippen LogP contribution is -2.46. The van der Waals surface area contributed by atoms with E-state index in [9.17, 15) is 4.79 Å². The van der Waals surface area contributed by atoms with E-state index in [0.717, 1.165) is 45.2 Å². The molecule has 32 heavy (non-hydrogen) atoms. The van der Waals surface area contributed by atoms with E-state index in [1.807, 2.05) is 20.8 Å². The number of aliphatic imine (C=N–C) groups is 1. The first-order chi connectivity index (χ1) is 14.8. The molecular weight excluding hydrogens is 521 g/mol. The second kappa shape index (κ2) is 14.5. The number of nitrogens with one attached hydrogen (secondary N) is 3. The Morgan fingerprint density at radius 1 is 1.19 bits per heavy atom. The summed E-state index contributed by atoms with van der Waals surface area (Å²) in [4.78, 5) is 18.5. The number of ether oxygens (including phenoxy) is 2. The lowest BCUT2D eigenvalue weighted by Gasteiger charge is -2.35. The molecule has 2 rings (SSSR count). The number of guanidine groups is 1. The van der Waals surface area contributed by atoms with Crippen molar-refractivity contribution in [3.8, 4) is 0 Å². The van der Waals surface area contributed by atoms with Gasteiger partial charge >= 0.3 is 6.09 Å². The summed E-state index contributed by atoms with van der Waals surface area (Å²) in [5.41, 5.74) is 2.07. The zero-order valence-electron chi connectivity index (χ0n) is 20.1. The Morgan fingerprint density at radius 3 is 2.50 bits per heavy atom. The number of halogens is 1. The van der Waals surface area contributed by atoms with Crippen molar-refractivity contribution in [1.82, 2.24) is 20.9 Å². The number of nitrogens with zero attached hydrogens (tertiary/aromatic N) is 2. The topological polar surface area (TPSA) is 87.2 Å². The van der Waals surface area contributed by atoms with Crippen molar-refractivity contribution in [1.29, 1.82) is 0 Å². The highest BCUT2D eigenvalue weighted by Crippen LogP contribution is 2.22. The molecule has 1 aliphatic heterocycles. The number of morpholine rings is 1. The Kier molecular flexibility index (Phi) is 12.9. The van der Waals surface area contributed by atoms with Crippen molar-refractivity contribution in [3.05, 3.63) is 35.4 Å². The summed E-state index contributed by atoms with van der Waals surface area (Å²) in [5, 5.41) is 9.55. The highest BCUT2D eigenvalue weighted by Gasteiger charge is 2.23. The highest BCUT2D eigenvalue weighted by molar-refractivity contribution is 14.0. The first-order valence-electron chi connectivity index (χ1n) is 11.1. The zero-order valence-corrected chi connectivity index (χ0v) is 22.4. The third-order valence-corrected chi connectivity index (χ3v) is 4.91. The monoisotopic (exact) mass is 561 g/mol. The van der Waals surface area contributed by atoms with E-state index in [1.54, 1.807) is 7.05 Å². The lowest BCUT2D eigenvalue weighted by molar-refractivity contribution is 0.0170. The minimum atomic E-state index is -0.484. The smallest absolute Gasteiger partial charge is 0.407 e. The van der Waals surface area contributed by atoms with Crippen LogP contribution < -0.4 is 16.0 Å². The van der Waals surface area contributed by atoms with Gasteiger partial charge in [-0.3, -0.25) is 9.89 Å². The van der Waals surface area contributed by atoms with Crippen LogP contribution in [0.1, 0.15) is 44.4 Å². The Bertz CT molecular complexity index is 718. The first-order valence-corrected chi connectivity index (χ1v) is 11.1. The van der Waals surface area contributed by atoms with Crippen LogP contribution in [0.25, 0.3) is 0 Å². The van der Waals surface area contributed by atoms with Gasteiger partial charge in [0.15, 0.2) is 5.96 Å². The molecule has 182 valence electrons. The highest BCUT2D eigenvalue weighted by atomic mass is 127. The third-order valence-electron chi connectivity index (χ3n) is 4.91. The van der Waals surface area contributed by atoms with Crippen LogP contribution in [0.3, 0.4) is 0 Å². The van der Waals surface area contributed by atoms with Crippen LogP contribution in [0.4, 0.5) is 4.79 Å². The van der Waals surface area contributed by atoms with Crippen molar-refractivity contribution in [2.45, 2.75) is 45.8 Å². The Hall–Kier alpha value is -1.59. The summed E-state index contributed by atoms with van der Waals surface area (Å²) in [6, 6.07) is 8.92. The molecule has 1 atom stereocenters. The summed E-state index contributed by atoms with van der Waals surface area (Å²) in [7, 11) is 1.77. The number of carbonyl (C=O) groups is 1. The van der Waals surface area contributed by atoms with Gasteiger partial charge in [0.05, 0.1) is 19.3 Å². The van der Waals surface area contributed by atoms with Crippen LogP contribution in [0.2, 0.25) is 0 Å². The standard InChI is InChI=1S/C23H39N5O3.HI/c1-18-8-6-9-19(16-18)20(28-12-14-30-15-13-28)17-27-21(24-5)25-10-7-11-26-22(29)31-23(2,3)4;/h6,8-9,16,20H,7,10-15,17H2,1-5H3,(H,26,29)(H2,24,25,27);1H. The van der Waals surface area contributed by atoms with Crippen molar-refractivity contribution < 1.29 is 14.3 Å². The maximum Gasteiger partial charge on any atom is 0.407 e. The predicted octanol–water partition coefficient (Wildman–Crippen LogP) is 3.07. The fraction of sp³-hybridized carbons (Fsp3) is 0.652. The number of aryl methyl sites for hydroxylation is 1. The maximum atomic E-state index is 11.7. The van der Waals surface area contributed by atoms with Crippen LogP contribution in [0.15, 0.2) is 29.3 Å². The second-order valence-corrected chi connectivity index (χ2v) is 8.74. The lowest BCUT2D eigenvalue weighted by atomic mass is 10.0. The van der Waals surface area contributed by atoms with Gasteiger partial charge in [0, 0.05) is 39.8 Å². The summed E-state index contributed by atoms with van der Waals surface area (Å²) in [5.74, 6) is 0.753. The maximum absolute atomic E-state index is 11.7. The molecule has 1 amide bonds. The zero-order chi connectivity index (χ0) is 22.7. The van der Waals surface area contributed by atoms with Gasteiger partial charge in [-0.05, 0) is 39.7 Å². The molecule has 0 radical (unpaired) electrons. The van der Waals surface area contributed by atoms with Gasteiger partial charge in [0.25, 0.3) is 0 Å². The molecule has 1 fully saturated rings. The summed E-state index contributed by atoms with van der Waals surface area (Å²) >= 11 is 0. The van der Waals surface area contributed by atoms with E-state index < -0.39 is 5.60 Å². The van der Waals surface area contributed by atoms with Gasteiger partial charge in [0.2, 0.25) is 0 Å². The van der Waals surface area contributed by atoms with Crippen LogP contribution in [0.5, 0.6) is 0 Å². The first kappa shape index (κ1) is 28.4. The van der Waals surface area contributed by atoms with Crippen molar-refractivity contribution >= 4 is 36.0 Å². The molecule has 9 heteroatoms. The Balaban J connectivity index is 0.00000512. The summed E-state index contributed by atoms with van der Waals surface area (Å²) < 4.78 is 10.8. The van der Waals surface area contributed by atoms with E-state index in [-0.39, 0.29) is 36.1 Å². The fourth-order valence-corrected chi connectivity index (χ4v) is 3.44. The van der Waals surface area contributed by atoms with E-state index in [2.05, 4.69) is 57.0 Å². The number of carbonyl (C=O) groups excluding carboxylic acids is 1. The second-order valence-electron chi connectivity index (χ2n) is 8.74.